The second-order valence-corrected chi connectivity index (χ2v) is 9.18. The number of nitrogens with one attached hydrogen (secondary N) is 1. The molecule has 0 fully saturated rings. The molecule has 4 rings (SSSR count). The Morgan fingerprint density at radius 2 is 1.70 bits per heavy atom. The molecule has 8 heteroatoms. The number of carbonyl (C=O) groups is 1. The number of anilines is 1. The number of benzene rings is 3. The zero-order valence-electron chi connectivity index (χ0n) is 21.6. The van der Waals surface area contributed by atoms with Crippen LogP contribution in [0.15, 0.2) is 60.7 Å². The lowest BCUT2D eigenvalue weighted by molar-refractivity contribution is 0.102. The minimum atomic E-state index is -0.215. The topological polar surface area (TPSA) is 74.6 Å². The van der Waals surface area contributed by atoms with Crippen molar-refractivity contribution in [2.45, 2.75) is 33.9 Å². The Labute approximate surface area is 221 Å². The molecular weight excluding hydrogens is 490 g/mol. The summed E-state index contributed by atoms with van der Waals surface area (Å²) in [6.45, 7) is 6.62. The van der Waals surface area contributed by atoms with Gasteiger partial charge in [-0.15, -0.1) is 0 Å². The Morgan fingerprint density at radius 1 is 0.919 bits per heavy atom. The molecule has 1 heterocycles. The van der Waals surface area contributed by atoms with Gasteiger partial charge >= 0.3 is 0 Å². The first-order valence-corrected chi connectivity index (χ1v) is 12.2. The standard InChI is InChI=1S/C29H30ClN3O4/c1-18-9-11-24(30)26(13-18)37-17-22-7-6-8-23(14-22)29(34)31-28-19(2)32-33(20(28)3)16-21-10-12-25(35-4)27(15-21)36-5/h6-15H,16-17H2,1-5H3,(H,31,34). The van der Waals surface area contributed by atoms with E-state index in [4.69, 9.17) is 25.8 Å². The number of carbonyl (C=O) groups excluding carboxylic acids is 1. The van der Waals surface area contributed by atoms with E-state index < -0.39 is 0 Å². The molecule has 3 aromatic carbocycles. The third-order valence-electron chi connectivity index (χ3n) is 6.07. The molecule has 0 atom stereocenters. The monoisotopic (exact) mass is 519 g/mol. The van der Waals surface area contributed by atoms with Gasteiger partial charge in [0.25, 0.3) is 5.91 Å². The van der Waals surface area contributed by atoms with Gasteiger partial charge in [-0.05, 0) is 73.9 Å². The molecule has 0 aliphatic rings. The third kappa shape index (κ3) is 6.06. The van der Waals surface area contributed by atoms with E-state index in [1.807, 2.05) is 80.1 Å². The SMILES string of the molecule is COc1ccc(Cn2nc(C)c(NC(=O)c3cccc(COc4cc(C)ccc4Cl)c3)c2C)cc1OC. The molecule has 1 amide bonds. The molecule has 192 valence electrons. The number of amides is 1. The van der Waals surface area contributed by atoms with E-state index >= 15 is 0 Å². The van der Waals surface area contributed by atoms with Crippen molar-refractivity contribution in [1.82, 2.24) is 9.78 Å². The van der Waals surface area contributed by atoms with Gasteiger partial charge in [0.15, 0.2) is 11.5 Å². The van der Waals surface area contributed by atoms with Crippen LogP contribution in [-0.4, -0.2) is 29.9 Å². The van der Waals surface area contributed by atoms with Crippen molar-refractivity contribution >= 4 is 23.2 Å². The molecular formula is C29H30ClN3O4. The third-order valence-corrected chi connectivity index (χ3v) is 6.38. The number of nitrogens with zero attached hydrogens (tertiary/aromatic N) is 2. The first-order valence-electron chi connectivity index (χ1n) is 11.8. The summed E-state index contributed by atoms with van der Waals surface area (Å²) in [7, 11) is 3.22. The van der Waals surface area contributed by atoms with Crippen molar-refractivity contribution in [2.24, 2.45) is 0 Å². The number of methoxy groups -OCH3 is 2. The van der Waals surface area contributed by atoms with E-state index in [1.54, 1.807) is 20.3 Å². The van der Waals surface area contributed by atoms with E-state index in [0.29, 0.717) is 46.7 Å². The molecule has 0 saturated heterocycles. The molecule has 1 aromatic heterocycles. The van der Waals surface area contributed by atoms with Gasteiger partial charge in [-0.1, -0.05) is 35.9 Å². The number of aryl methyl sites for hydroxylation is 2. The van der Waals surface area contributed by atoms with Crippen molar-refractivity contribution in [3.05, 3.63) is 99.3 Å². The van der Waals surface area contributed by atoms with Crippen LogP contribution in [0.4, 0.5) is 5.69 Å². The summed E-state index contributed by atoms with van der Waals surface area (Å²) in [4.78, 5) is 13.1. The number of rotatable bonds is 9. The van der Waals surface area contributed by atoms with Crippen molar-refractivity contribution in [1.29, 1.82) is 0 Å². The van der Waals surface area contributed by atoms with Gasteiger partial charge < -0.3 is 19.5 Å². The molecule has 0 saturated carbocycles. The second-order valence-electron chi connectivity index (χ2n) is 8.77. The maximum atomic E-state index is 13.1. The Morgan fingerprint density at radius 3 is 2.46 bits per heavy atom. The maximum absolute atomic E-state index is 13.1. The highest BCUT2D eigenvalue weighted by atomic mass is 35.5. The number of halogens is 1. The molecule has 0 spiro atoms. The molecule has 7 nitrogen and oxygen atoms in total. The fourth-order valence-electron chi connectivity index (χ4n) is 4.05. The summed E-state index contributed by atoms with van der Waals surface area (Å²) in [6, 6.07) is 18.7. The van der Waals surface area contributed by atoms with Crippen LogP contribution in [0.1, 0.15) is 38.4 Å². The van der Waals surface area contributed by atoms with E-state index in [0.717, 1.165) is 28.1 Å². The lowest BCUT2D eigenvalue weighted by Crippen LogP contribution is -2.14. The van der Waals surface area contributed by atoms with Crippen LogP contribution in [0.5, 0.6) is 17.2 Å². The smallest absolute Gasteiger partial charge is 0.255 e. The molecule has 37 heavy (non-hydrogen) atoms. The van der Waals surface area contributed by atoms with E-state index in [2.05, 4.69) is 10.4 Å². The highest BCUT2D eigenvalue weighted by Crippen LogP contribution is 2.29. The van der Waals surface area contributed by atoms with Crippen molar-refractivity contribution in [3.8, 4) is 17.2 Å². The van der Waals surface area contributed by atoms with E-state index in [-0.39, 0.29) is 5.91 Å². The molecule has 0 aliphatic carbocycles. The molecule has 0 aliphatic heterocycles. The fraction of sp³-hybridized carbons (Fsp3) is 0.241. The van der Waals surface area contributed by atoms with Gasteiger partial charge in [-0.25, -0.2) is 0 Å². The predicted molar refractivity (Wildman–Crippen MR) is 145 cm³/mol. The van der Waals surface area contributed by atoms with Gasteiger partial charge in [0.2, 0.25) is 0 Å². The number of hydrogen-bond acceptors (Lipinski definition) is 5. The van der Waals surface area contributed by atoms with E-state index in [1.165, 1.54) is 0 Å². The van der Waals surface area contributed by atoms with Gasteiger partial charge in [0.1, 0.15) is 12.4 Å². The summed E-state index contributed by atoms with van der Waals surface area (Å²) in [5.41, 5.74) is 5.74. The van der Waals surface area contributed by atoms with Crippen LogP contribution in [-0.2, 0) is 13.2 Å². The number of hydrogen-bond donors (Lipinski definition) is 1. The summed E-state index contributed by atoms with van der Waals surface area (Å²) < 4.78 is 18.5. The Bertz CT molecular complexity index is 1430. The normalized spacial score (nSPS) is 10.8. The van der Waals surface area contributed by atoms with Crippen LogP contribution in [0, 0.1) is 20.8 Å². The van der Waals surface area contributed by atoms with Gasteiger partial charge in [-0.2, -0.15) is 5.10 Å². The summed E-state index contributed by atoms with van der Waals surface area (Å²) in [5.74, 6) is 1.72. The molecule has 4 aromatic rings. The molecule has 0 bridgehead atoms. The Balaban J connectivity index is 1.47. The summed E-state index contributed by atoms with van der Waals surface area (Å²) in [6.07, 6.45) is 0. The average Bonchev–Trinajstić information content (AvgIpc) is 3.16. The molecule has 0 radical (unpaired) electrons. The van der Waals surface area contributed by atoms with Crippen LogP contribution >= 0.6 is 11.6 Å². The summed E-state index contributed by atoms with van der Waals surface area (Å²) in [5, 5.41) is 8.23. The number of ether oxygens (including phenoxy) is 3. The van der Waals surface area contributed by atoms with Gasteiger partial charge in [0, 0.05) is 5.56 Å². The first-order chi connectivity index (χ1) is 17.8. The minimum Gasteiger partial charge on any atom is -0.493 e. The Hall–Kier alpha value is -3.97. The first kappa shape index (κ1) is 26.1. The molecule has 0 unspecified atom stereocenters. The van der Waals surface area contributed by atoms with E-state index in [9.17, 15) is 4.79 Å². The predicted octanol–water partition coefficient (Wildman–Crippen LogP) is 6.36. The average molecular weight is 520 g/mol. The summed E-state index contributed by atoms with van der Waals surface area (Å²) >= 11 is 6.24. The van der Waals surface area contributed by atoms with Crippen molar-refractivity contribution in [3.63, 3.8) is 0 Å². The van der Waals surface area contributed by atoms with Crippen LogP contribution in [0.3, 0.4) is 0 Å². The quantitative estimate of drug-likeness (QED) is 0.278. The lowest BCUT2D eigenvalue weighted by atomic mass is 10.1. The Kier molecular flexibility index (Phi) is 8.04. The van der Waals surface area contributed by atoms with Crippen molar-refractivity contribution < 1.29 is 19.0 Å². The zero-order chi connectivity index (χ0) is 26.5. The second kappa shape index (κ2) is 11.4. The fourth-order valence-corrected chi connectivity index (χ4v) is 4.23. The lowest BCUT2D eigenvalue weighted by Gasteiger charge is -2.11. The largest absolute Gasteiger partial charge is 0.493 e. The van der Waals surface area contributed by atoms with Crippen LogP contribution < -0.4 is 19.5 Å². The number of aromatic nitrogens is 2. The zero-order valence-corrected chi connectivity index (χ0v) is 22.3. The highest BCUT2D eigenvalue weighted by Gasteiger charge is 2.17. The van der Waals surface area contributed by atoms with Gasteiger partial charge in [0.05, 0.1) is 42.9 Å². The van der Waals surface area contributed by atoms with Crippen LogP contribution in [0.25, 0.3) is 0 Å². The molecule has 1 N–H and O–H groups in total. The maximum Gasteiger partial charge on any atom is 0.255 e. The highest BCUT2D eigenvalue weighted by molar-refractivity contribution is 6.32. The minimum absolute atomic E-state index is 0.215. The van der Waals surface area contributed by atoms with Crippen LogP contribution in [0.2, 0.25) is 5.02 Å². The van der Waals surface area contributed by atoms with Crippen molar-refractivity contribution in [2.75, 3.05) is 19.5 Å². The van der Waals surface area contributed by atoms with Gasteiger partial charge in [-0.3, -0.25) is 9.48 Å².